The molecule has 1 saturated heterocycles. The summed E-state index contributed by atoms with van der Waals surface area (Å²) in [5, 5.41) is 3.33. The maximum Gasteiger partial charge on any atom is 0.289 e. The number of hydrogen-bond donors (Lipinski definition) is 1. The number of piperazine rings is 1. The number of benzene rings is 1. The summed E-state index contributed by atoms with van der Waals surface area (Å²) in [5.41, 5.74) is 2.51. The topological polar surface area (TPSA) is 65.8 Å². The average Bonchev–Trinajstić information content (AvgIpc) is 3.20. The molecule has 26 heavy (non-hydrogen) atoms. The van der Waals surface area contributed by atoms with Crippen LogP contribution in [0.2, 0.25) is 0 Å². The number of hydrogen-bond acceptors (Lipinski definition) is 4. The van der Waals surface area contributed by atoms with E-state index in [2.05, 4.69) is 24.4 Å². The lowest BCUT2D eigenvalue weighted by Gasteiger charge is -2.34. The highest BCUT2D eigenvalue weighted by molar-refractivity contribution is 5.91. The Balaban J connectivity index is 1.37. The first kappa shape index (κ1) is 18.2. The first-order valence-electron chi connectivity index (χ1n) is 9.01. The maximum absolute atomic E-state index is 12.3. The van der Waals surface area contributed by atoms with Crippen molar-refractivity contribution in [3.05, 3.63) is 59.5 Å². The molecule has 6 nitrogen and oxygen atoms in total. The normalized spacial score (nSPS) is 14.5. The van der Waals surface area contributed by atoms with Crippen molar-refractivity contribution in [3.63, 3.8) is 0 Å². The van der Waals surface area contributed by atoms with Gasteiger partial charge in [-0.05, 0) is 30.2 Å². The van der Waals surface area contributed by atoms with Gasteiger partial charge in [0.05, 0.1) is 6.26 Å². The van der Waals surface area contributed by atoms with Gasteiger partial charge in [0, 0.05) is 45.7 Å². The Morgan fingerprint density at radius 1 is 1.04 bits per heavy atom. The van der Waals surface area contributed by atoms with Crippen LogP contribution in [-0.4, -0.2) is 54.3 Å². The van der Waals surface area contributed by atoms with Crippen LogP contribution in [0.3, 0.4) is 0 Å². The molecular weight excluding hydrogens is 330 g/mol. The van der Waals surface area contributed by atoms with Crippen molar-refractivity contribution in [1.29, 1.82) is 0 Å². The third kappa shape index (κ3) is 4.52. The number of nitrogens with one attached hydrogen (secondary N) is 1. The molecule has 3 rings (SSSR count). The Bertz CT molecular complexity index is 735. The predicted molar refractivity (Wildman–Crippen MR) is 98.7 cm³/mol. The van der Waals surface area contributed by atoms with Gasteiger partial charge in [-0.3, -0.25) is 9.59 Å². The van der Waals surface area contributed by atoms with Gasteiger partial charge in [-0.1, -0.05) is 24.3 Å². The number of rotatable bonds is 6. The van der Waals surface area contributed by atoms with E-state index in [4.69, 9.17) is 4.42 Å². The van der Waals surface area contributed by atoms with Crippen molar-refractivity contribution in [1.82, 2.24) is 15.1 Å². The molecule has 1 aliphatic heterocycles. The van der Waals surface area contributed by atoms with Crippen LogP contribution in [0.15, 0.2) is 47.1 Å². The largest absolute Gasteiger partial charge is 0.459 e. The molecule has 1 N–H and O–H groups in total. The first-order valence-corrected chi connectivity index (χ1v) is 9.01. The summed E-state index contributed by atoms with van der Waals surface area (Å²) in [5.74, 6) is 0.375. The molecule has 2 aromatic rings. The lowest BCUT2D eigenvalue weighted by atomic mass is 10.1. The molecule has 0 unspecified atom stereocenters. The average molecular weight is 355 g/mol. The van der Waals surface area contributed by atoms with Crippen molar-refractivity contribution in [2.45, 2.75) is 19.9 Å². The van der Waals surface area contributed by atoms with Crippen molar-refractivity contribution in [3.8, 4) is 0 Å². The quantitative estimate of drug-likeness (QED) is 0.806. The van der Waals surface area contributed by atoms with Crippen molar-refractivity contribution < 1.29 is 14.0 Å². The molecule has 0 bridgehead atoms. The van der Waals surface area contributed by atoms with Gasteiger partial charge >= 0.3 is 0 Å². The molecule has 1 aliphatic rings. The standard InChI is InChI=1S/C20H25N3O3/c1-16-5-2-3-6-17(16)15-21-9-8-19(24)22-10-12-23(13-11-22)20(25)18-7-4-14-26-18/h2-7,14,21H,8-13,15H2,1H3. The molecule has 138 valence electrons. The number of carbonyl (C=O) groups is 2. The van der Waals surface area contributed by atoms with E-state index in [-0.39, 0.29) is 11.8 Å². The monoisotopic (exact) mass is 355 g/mol. The first-order chi connectivity index (χ1) is 12.6. The van der Waals surface area contributed by atoms with Gasteiger partial charge in [0.25, 0.3) is 5.91 Å². The second-order valence-electron chi connectivity index (χ2n) is 6.50. The van der Waals surface area contributed by atoms with Crippen LogP contribution >= 0.6 is 0 Å². The molecule has 0 radical (unpaired) electrons. The van der Waals surface area contributed by atoms with E-state index in [1.807, 2.05) is 17.0 Å². The third-order valence-corrected chi connectivity index (χ3v) is 4.74. The van der Waals surface area contributed by atoms with Crippen LogP contribution in [0, 0.1) is 6.92 Å². The highest BCUT2D eigenvalue weighted by Crippen LogP contribution is 2.10. The summed E-state index contributed by atoms with van der Waals surface area (Å²) in [7, 11) is 0. The van der Waals surface area contributed by atoms with Crippen LogP contribution in [-0.2, 0) is 11.3 Å². The van der Waals surface area contributed by atoms with Crippen LogP contribution in [0.4, 0.5) is 0 Å². The lowest BCUT2D eigenvalue weighted by molar-refractivity contribution is -0.132. The van der Waals surface area contributed by atoms with Gasteiger partial charge in [0.15, 0.2) is 5.76 Å². The molecule has 1 fully saturated rings. The van der Waals surface area contributed by atoms with E-state index >= 15 is 0 Å². The maximum atomic E-state index is 12.3. The van der Waals surface area contributed by atoms with Crippen LogP contribution in [0.1, 0.15) is 28.1 Å². The van der Waals surface area contributed by atoms with E-state index in [1.54, 1.807) is 17.0 Å². The summed E-state index contributed by atoms with van der Waals surface area (Å²) in [6.07, 6.45) is 1.97. The van der Waals surface area contributed by atoms with E-state index in [0.29, 0.717) is 44.9 Å². The Kier molecular flexibility index (Phi) is 6.07. The number of furan rings is 1. The molecule has 1 aromatic carbocycles. The molecule has 0 atom stereocenters. The van der Waals surface area contributed by atoms with E-state index < -0.39 is 0 Å². The Labute approximate surface area is 153 Å². The van der Waals surface area contributed by atoms with Crippen molar-refractivity contribution in [2.24, 2.45) is 0 Å². The van der Waals surface area contributed by atoms with E-state index in [1.165, 1.54) is 17.4 Å². The van der Waals surface area contributed by atoms with Gasteiger partial charge in [0.2, 0.25) is 5.91 Å². The second-order valence-corrected chi connectivity index (χ2v) is 6.50. The molecule has 0 saturated carbocycles. The van der Waals surface area contributed by atoms with Crippen LogP contribution in [0.25, 0.3) is 0 Å². The molecule has 2 heterocycles. The minimum absolute atomic E-state index is 0.109. The van der Waals surface area contributed by atoms with Gasteiger partial charge in [0.1, 0.15) is 0 Å². The highest BCUT2D eigenvalue weighted by Gasteiger charge is 2.25. The van der Waals surface area contributed by atoms with Crippen LogP contribution in [0.5, 0.6) is 0 Å². The van der Waals surface area contributed by atoms with Gasteiger partial charge in [-0.2, -0.15) is 0 Å². The van der Waals surface area contributed by atoms with E-state index in [9.17, 15) is 9.59 Å². The third-order valence-electron chi connectivity index (χ3n) is 4.74. The fourth-order valence-electron chi connectivity index (χ4n) is 3.10. The Morgan fingerprint density at radius 2 is 1.77 bits per heavy atom. The van der Waals surface area contributed by atoms with Crippen molar-refractivity contribution in [2.75, 3.05) is 32.7 Å². The fourth-order valence-corrected chi connectivity index (χ4v) is 3.10. The Morgan fingerprint density at radius 3 is 2.46 bits per heavy atom. The predicted octanol–water partition coefficient (Wildman–Crippen LogP) is 2.05. The van der Waals surface area contributed by atoms with Crippen LogP contribution < -0.4 is 5.32 Å². The number of nitrogens with zero attached hydrogens (tertiary/aromatic N) is 2. The fraction of sp³-hybridized carbons (Fsp3) is 0.400. The van der Waals surface area contributed by atoms with Gasteiger partial charge in [-0.25, -0.2) is 0 Å². The Hall–Kier alpha value is -2.60. The minimum Gasteiger partial charge on any atom is -0.459 e. The summed E-state index contributed by atoms with van der Waals surface area (Å²) >= 11 is 0. The van der Waals surface area contributed by atoms with Crippen molar-refractivity contribution >= 4 is 11.8 Å². The smallest absolute Gasteiger partial charge is 0.289 e. The molecule has 2 amide bonds. The molecular formula is C20H25N3O3. The zero-order valence-corrected chi connectivity index (χ0v) is 15.1. The molecule has 6 heteroatoms. The summed E-state index contributed by atoms with van der Waals surface area (Å²) < 4.78 is 5.15. The summed E-state index contributed by atoms with van der Waals surface area (Å²) in [4.78, 5) is 28.1. The number of carbonyl (C=O) groups excluding carboxylic acids is 2. The zero-order valence-electron chi connectivity index (χ0n) is 15.1. The highest BCUT2D eigenvalue weighted by atomic mass is 16.3. The SMILES string of the molecule is Cc1ccccc1CNCCC(=O)N1CCN(C(=O)c2ccco2)CC1. The minimum atomic E-state index is -0.109. The molecule has 1 aromatic heterocycles. The second kappa shape index (κ2) is 8.67. The molecule has 0 aliphatic carbocycles. The van der Waals surface area contributed by atoms with Gasteiger partial charge in [-0.15, -0.1) is 0 Å². The zero-order chi connectivity index (χ0) is 18.4. The molecule has 0 spiro atoms. The van der Waals surface area contributed by atoms with Gasteiger partial charge < -0.3 is 19.5 Å². The van der Waals surface area contributed by atoms with E-state index in [0.717, 1.165) is 6.54 Å². The summed E-state index contributed by atoms with van der Waals surface area (Å²) in [6, 6.07) is 11.6. The lowest BCUT2D eigenvalue weighted by Crippen LogP contribution is -2.50. The summed E-state index contributed by atoms with van der Waals surface area (Å²) in [6.45, 7) is 5.74. The number of amides is 2. The number of aryl methyl sites for hydroxylation is 1.